The van der Waals surface area contributed by atoms with Crippen molar-refractivity contribution in [1.82, 2.24) is 4.90 Å². The fraction of sp³-hybridized carbons (Fsp3) is 0.529. The van der Waals surface area contributed by atoms with Gasteiger partial charge in [-0.05, 0) is 31.0 Å². The summed E-state index contributed by atoms with van der Waals surface area (Å²) in [5.41, 5.74) is 0.863. The minimum Gasteiger partial charge on any atom is -0.343 e. The average Bonchev–Trinajstić information content (AvgIpc) is 2.81. The van der Waals surface area contributed by atoms with Gasteiger partial charge in [-0.1, -0.05) is 18.9 Å². The maximum atomic E-state index is 12.2. The molecule has 2 rings (SSSR count). The highest BCUT2D eigenvalue weighted by Gasteiger charge is 2.19. The van der Waals surface area contributed by atoms with Crippen LogP contribution in [0.4, 0.5) is 11.4 Å². The maximum absolute atomic E-state index is 12.2. The number of sulfonamides is 1. The lowest BCUT2D eigenvalue weighted by molar-refractivity contribution is -0.130. The average molecular weight is 367 g/mol. The van der Waals surface area contributed by atoms with Crippen molar-refractivity contribution in [3.63, 3.8) is 0 Å². The Hall–Kier alpha value is -2.09. The molecule has 2 N–H and O–H groups in total. The summed E-state index contributed by atoms with van der Waals surface area (Å²) >= 11 is 0. The number of rotatable bonds is 6. The number of hydrogen-bond donors (Lipinski definition) is 2. The van der Waals surface area contributed by atoms with Crippen LogP contribution in [0.15, 0.2) is 24.3 Å². The highest BCUT2D eigenvalue weighted by Crippen LogP contribution is 2.17. The minimum atomic E-state index is -3.63. The SMILES string of the molecule is CC(=O)Nc1cccc(NS(=O)(=O)CCC(=O)N2CCCCCC2)c1. The number of nitrogens with one attached hydrogen (secondary N) is 2. The summed E-state index contributed by atoms with van der Waals surface area (Å²) < 4.78 is 26.9. The molecule has 1 aromatic rings. The number of hydrogen-bond acceptors (Lipinski definition) is 4. The van der Waals surface area contributed by atoms with Crippen LogP contribution in [0.25, 0.3) is 0 Å². The fourth-order valence-electron chi connectivity index (χ4n) is 2.79. The van der Waals surface area contributed by atoms with Crippen molar-refractivity contribution in [1.29, 1.82) is 0 Å². The summed E-state index contributed by atoms with van der Waals surface area (Å²) in [6.45, 7) is 2.81. The van der Waals surface area contributed by atoms with E-state index in [-0.39, 0.29) is 24.0 Å². The molecule has 1 fully saturated rings. The largest absolute Gasteiger partial charge is 0.343 e. The van der Waals surface area contributed by atoms with E-state index in [9.17, 15) is 18.0 Å². The number of anilines is 2. The highest BCUT2D eigenvalue weighted by atomic mass is 32.2. The van der Waals surface area contributed by atoms with E-state index >= 15 is 0 Å². The predicted octanol–water partition coefficient (Wildman–Crippen LogP) is 2.18. The van der Waals surface area contributed by atoms with Crippen molar-refractivity contribution in [2.45, 2.75) is 39.0 Å². The first kappa shape index (κ1) is 19.2. The van der Waals surface area contributed by atoms with Crippen LogP contribution in [-0.2, 0) is 19.6 Å². The second-order valence-electron chi connectivity index (χ2n) is 6.23. The molecule has 0 atom stereocenters. The topological polar surface area (TPSA) is 95.6 Å². The lowest BCUT2D eigenvalue weighted by Crippen LogP contribution is -2.33. The van der Waals surface area contributed by atoms with E-state index in [1.807, 2.05) is 0 Å². The summed E-state index contributed by atoms with van der Waals surface area (Å²) in [6, 6.07) is 6.45. The Morgan fingerprint density at radius 2 is 1.72 bits per heavy atom. The fourth-order valence-corrected chi connectivity index (χ4v) is 3.83. The monoisotopic (exact) mass is 367 g/mol. The first-order valence-electron chi connectivity index (χ1n) is 8.52. The van der Waals surface area contributed by atoms with Gasteiger partial charge >= 0.3 is 0 Å². The van der Waals surface area contributed by atoms with Crippen LogP contribution >= 0.6 is 0 Å². The molecule has 8 heteroatoms. The third-order valence-corrected chi connectivity index (χ3v) is 5.29. The Labute approximate surface area is 148 Å². The molecule has 1 aliphatic rings. The number of nitrogens with zero attached hydrogens (tertiary/aromatic N) is 1. The van der Waals surface area contributed by atoms with Gasteiger partial charge in [-0.25, -0.2) is 8.42 Å². The van der Waals surface area contributed by atoms with Crippen molar-refractivity contribution in [3.05, 3.63) is 24.3 Å². The predicted molar refractivity (Wildman–Crippen MR) is 97.8 cm³/mol. The molecule has 0 radical (unpaired) electrons. The van der Waals surface area contributed by atoms with E-state index in [4.69, 9.17) is 0 Å². The Kier molecular flexibility index (Phi) is 6.81. The number of benzene rings is 1. The lowest BCUT2D eigenvalue weighted by Gasteiger charge is -2.20. The number of carbonyl (C=O) groups is 2. The van der Waals surface area contributed by atoms with Crippen molar-refractivity contribution >= 4 is 33.2 Å². The van der Waals surface area contributed by atoms with E-state index in [2.05, 4.69) is 10.0 Å². The second-order valence-corrected chi connectivity index (χ2v) is 8.07. The standard InChI is InChI=1S/C17H25N3O4S/c1-14(21)18-15-7-6-8-16(13-15)19-25(23,24)12-9-17(22)20-10-4-2-3-5-11-20/h6-8,13,19H,2-5,9-12H2,1H3,(H,18,21). The first-order valence-corrected chi connectivity index (χ1v) is 10.2. The normalized spacial score (nSPS) is 15.3. The molecule has 0 bridgehead atoms. The van der Waals surface area contributed by atoms with Gasteiger partial charge in [0.15, 0.2) is 0 Å². The zero-order chi connectivity index (χ0) is 18.3. The Morgan fingerprint density at radius 1 is 1.08 bits per heavy atom. The first-order chi connectivity index (χ1) is 11.9. The van der Waals surface area contributed by atoms with Gasteiger partial charge in [-0.15, -0.1) is 0 Å². The second kappa shape index (κ2) is 8.84. The third-order valence-electron chi connectivity index (χ3n) is 4.00. The van der Waals surface area contributed by atoms with Crippen molar-refractivity contribution < 1.29 is 18.0 Å². The summed E-state index contributed by atoms with van der Waals surface area (Å²) in [7, 11) is -3.63. The molecule has 0 saturated carbocycles. The molecular formula is C17H25N3O4S. The van der Waals surface area contributed by atoms with Crippen LogP contribution in [-0.4, -0.2) is 44.0 Å². The van der Waals surface area contributed by atoms with Gasteiger partial charge in [0.05, 0.1) is 11.4 Å². The zero-order valence-corrected chi connectivity index (χ0v) is 15.3. The molecule has 0 aliphatic carbocycles. The summed E-state index contributed by atoms with van der Waals surface area (Å²) in [4.78, 5) is 25.0. The smallest absolute Gasteiger partial charge is 0.233 e. The minimum absolute atomic E-state index is 0.0271. The van der Waals surface area contributed by atoms with Crippen LogP contribution < -0.4 is 10.0 Å². The van der Waals surface area contributed by atoms with Crippen LogP contribution in [0, 0.1) is 0 Å². The van der Waals surface area contributed by atoms with Crippen LogP contribution in [0.5, 0.6) is 0 Å². The van der Waals surface area contributed by atoms with Gasteiger partial charge in [0, 0.05) is 32.1 Å². The summed E-state index contributed by atoms with van der Waals surface area (Å²) in [5.74, 6) is -0.602. The van der Waals surface area contributed by atoms with Gasteiger partial charge in [-0.3, -0.25) is 14.3 Å². The highest BCUT2D eigenvalue weighted by molar-refractivity contribution is 7.92. The molecule has 7 nitrogen and oxygen atoms in total. The van der Waals surface area contributed by atoms with E-state index in [0.29, 0.717) is 24.5 Å². The molecule has 0 aromatic heterocycles. The summed E-state index contributed by atoms with van der Waals surface area (Å²) in [5, 5.41) is 2.60. The summed E-state index contributed by atoms with van der Waals surface area (Å²) in [6.07, 6.45) is 4.17. The number of carbonyl (C=O) groups excluding carboxylic acids is 2. The van der Waals surface area contributed by atoms with Crippen LogP contribution in [0.2, 0.25) is 0 Å². The third kappa shape index (κ3) is 6.74. The van der Waals surface area contributed by atoms with Crippen molar-refractivity contribution in [2.75, 3.05) is 28.9 Å². The van der Waals surface area contributed by atoms with Gasteiger partial charge in [0.25, 0.3) is 0 Å². The Bertz CT molecular complexity index is 710. The lowest BCUT2D eigenvalue weighted by atomic mass is 10.2. The van der Waals surface area contributed by atoms with Crippen molar-refractivity contribution in [2.24, 2.45) is 0 Å². The maximum Gasteiger partial charge on any atom is 0.233 e. The quantitative estimate of drug-likeness (QED) is 0.805. The van der Waals surface area contributed by atoms with E-state index in [1.165, 1.54) is 13.0 Å². The van der Waals surface area contributed by atoms with E-state index in [0.717, 1.165) is 25.7 Å². The van der Waals surface area contributed by atoms with Gasteiger partial charge < -0.3 is 10.2 Å². The van der Waals surface area contributed by atoms with E-state index < -0.39 is 10.0 Å². The zero-order valence-electron chi connectivity index (χ0n) is 14.5. The molecule has 0 spiro atoms. The molecule has 0 unspecified atom stereocenters. The molecule has 1 aromatic carbocycles. The van der Waals surface area contributed by atoms with Crippen LogP contribution in [0.3, 0.4) is 0 Å². The van der Waals surface area contributed by atoms with Gasteiger partial charge in [-0.2, -0.15) is 0 Å². The van der Waals surface area contributed by atoms with Gasteiger partial charge in [0.1, 0.15) is 0 Å². The molecule has 1 heterocycles. The molecule has 25 heavy (non-hydrogen) atoms. The molecule has 1 saturated heterocycles. The number of amides is 2. The molecular weight excluding hydrogens is 342 g/mol. The van der Waals surface area contributed by atoms with Gasteiger partial charge in [0.2, 0.25) is 21.8 Å². The Balaban J connectivity index is 1.90. The number of likely N-dealkylation sites (tertiary alicyclic amines) is 1. The van der Waals surface area contributed by atoms with Crippen molar-refractivity contribution in [3.8, 4) is 0 Å². The van der Waals surface area contributed by atoms with E-state index in [1.54, 1.807) is 23.1 Å². The Morgan fingerprint density at radius 3 is 2.36 bits per heavy atom. The molecule has 138 valence electrons. The van der Waals surface area contributed by atoms with Crippen LogP contribution in [0.1, 0.15) is 39.0 Å². The molecule has 1 aliphatic heterocycles. The molecule has 2 amide bonds.